The summed E-state index contributed by atoms with van der Waals surface area (Å²) in [5.41, 5.74) is -1.23. The number of aromatic nitrogens is 2. The topological polar surface area (TPSA) is 155 Å². The number of H-pyrrole nitrogens is 1. The molecule has 6 rings (SSSR count). The zero-order chi connectivity index (χ0) is 47.9. The molecule has 2 aromatic heterocycles. The van der Waals surface area contributed by atoms with Crippen molar-refractivity contribution in [1.82, 2.24) is 9.97 Å². The summed E-state index contributed by atoms with van der Waals surface area (Å²) in [6, 6.07) is 9.41. The van der Waals surface area contributed by atoms with Crippen molar-refractivity contribution < 1.29 is 64.6 Å². The molecule has 0 saturated carbocycles. The number of rotatable bonds is 14. The molecule has 25 heteroatoms. The molecule has 2 aliphatic rings. The number of aliphatic hydroxyl groups excluding tert-OH is 1. The lowest BCUT2D eigenvalue weighted by atomic mass is 10.2. The maximum absolute atomic E-state index is 12.6. The highest BCUT2D eigenvalue weighted by Crippen LogP contribution is 2.37. The minimum Gasteiger partial charge on any atom is -0.494 e. The fraction of sp³-hybridized carbons (Fsp3) is 0.300. The van der Waals surface area contributed by atoms with E-state index in [-0.39, 0.29) is 64.9 Å². The van der Waals surface area contributed by atoms with Gasteiger partial charge in [0.1, 0.15) is 77.1 Å². The van der Waals surface area contributed by atoms with Crippen LogP contribution in [0.25, 0.3) is 0 Å². The number of hydrogen-bond donors (Lipinski definition) is 2. The predicted molar refractivity (Wildman–Crippen MR) is 233 cm³/mol. The number of halogens is 12. The molecular weight excluding hydrogens is 1010 g/mol. The normalized spacial score (nSPS) is 15.3. The minimum atomic E-state index is -4.46. The molecule has 0 amide bonds. The number of pyridine rings is 2. The fourth-order valence-corrected chi connectivity index (χ4v) is 5.97. The van der Waals surface area contributed by atoms with Crippen LogP contribution in [0.5, 0.6) is 28.9 Å². The Balaban J connectivity index is 0.000000241. The van der Waals surface area contributed by atoms with Crippen molar-refractivity contribution in [2.75, 3.05) is 53.9 Å². The molecule has 2 atom stereocenters. The number of aromatic amines is 1. The summed E-state index contributed by atoms with van der Waals surface area (Å²) in [7, 11) is 2.95. The Labute approximate surface area is 396 Å². The van der Waals surface area contributed by atoms with E-state index in [0.717, 1.165) is 24.3 Å². The number of benzene rings is 2. The van der Waals surface area contributed by atoms with Gasteiger partial charge in [0.25, 0.3) is 0 Å². The van der Waals surface area contributed by atoms with Crippen LogP contribution < -0.4 is 29.2 Å². The molecule has 0 aliphatic carbocycles. The van der Waals surface area contributed by atoms with Gasteiger partial charge in [-0.05, 0) is 36.4 Å². The lowest BCUT2D eigenvalue weighted by Crippen LogP contribution is -2.17. The SMILES string of the molecule is COc1c(Cl)cc(OCC=C(Cl)Cl)cc1C1=NC(CO)CO1.COc1c(Cl)cc(OCC=C(Cl)Cl)cc1C1=NC(COc2ccc(C(F)(F)F)cn2)CO1.O=c1ccc(C(F)(F)F)c[nH]1. The lowest BCUT2D eigenvalue weighted by Gasteiger charge is -2.13. The zero-order valence-electron chi connectivity index (χ0n) is 33.4. The third-order valence-corrected chi connectivity index (χ3v) is 9.29. The van der Waals surface area contributed by atoms with E-state index in [1.54, 1.807) is 24.3 Å². The number of aliphatic hydroxyl groups is 1. The van der Waals surface area contributed by atoms with Gasteiger partial charge < -0.3 is 43.2 Å². The average molecular weight is 1040 g/mol. The highest BCUT2D eigenvalue weighted by Gasteiger charge is 2.32. The number of nitrogens with one attached hydrogen (secondary N) is 1. The Morgan fingerprint density at radius 3 is 1.65 bits per heavy atom. The van der Waals surface area contributed by atoms with Crippen LogP contribution in [0.15, 0.2) is 96.8 Å². The Bertz CT molecular complexity index is 2390. The fourth-order valence-electron chi connectivity index (χ4n) is 5.14. The van der Waals surface area contributed by atoms with Gasteiger partial charge in [-0.1, -0.05) is 69.6 Å². The summed E-state index contributed by atoms with van der Waals surface area (Å²) < 4.78 is 112. The molecule has 4 heterocycles. The Morgan fingerprint density at radius 2 is 1.25 bits per heavy atom. The summed E-state index contributed by atoms with van der Waals surface area (Å²) in [5.74, 6) is 2.33. The third kappa shape index (κ3) is 16.6. The van der Waals surface area contributed by atoms with Crippen LogP contribution in [-0.2, 0) is 21.8 Å². The summed E-state index contributed by atoms with van der Waals surface area (Å²) in [5, 5.41) is 9.77. The lowest BCUT2D eigenvalue weighted by molar-refractivity contribution is -0.138. The Kier molecular flexibility index (Phi) is 20.1. The molecule has 0 bridgehead atoms. The molecule has 0 fully saturated rings. The van der Waals surface area contributed by atoms with Crippen LogP contribution in [0.3, 0.4) is 0 Å². The van der Waals surface area contributed by atoms with Crippen molar-refractivity contribution >= 4 is 81.4 Å². The summed E-state index contributed by atoms with van der Waals surface area (Å²) in [6.07, 6.45) is -4.53. The number of nitrogens with zero attached hydrogens (tertiary/aromatic N) is 3. The first-order valence-corrected chi connectivity index (χ1v) is 20.5. The van der Waals surface area contributed by atoms with Gasteiger partial charge in [-0.3, -0.25) is 4.79 Å². The molecule has 13 nitrogen and oxygen atoms in total. The van der Waals surface area contributed by atoms with E-state index >= 15 is 0 Å². The highest BCUT2D eigenvalue weighted by molar-refractivity contribution is 6.56. The van der Waals surface area contributed by atoms with Crippen molar-refractivity contribution in [3.63, 3.8) is 0 Å². The number of aliphatic imine (C=N–C) groups is 2. The third-order valence-electron chi connectivity index (χ3n) is 8.11. The molecule has 0 spiro atoms. The van der Waals surface area contributed by atoms with E-state index < -0.39 is 35.1 Å². The second-order valence-corrected chi connectivity index (χ2v) is 15.5. The molecule has 0 saturated heterocycles. The number of alkyl halides is 6. The Morgan fingerprint density at radius 1 is 0.754 bits per heavy atom. The maximum atomic E-state index is 12.6. The summed E-state index contributed by atoms with van der Waals surface area (Å²) >= 11 is 34.7. The van der Waals surface area contributed by atoms with Gasteiger partial charge >= 0.3 is 12.4 Å². The van der Waals surface area contributed by atoms with Gasteiger partial charge in [-0.15, -0.1) is 0 Å². The van der Waals surface area contributed by atoms with Crippen LogP contribution in [0.4, 0.5) is 26.3 Å². The molecule has 4 aromatic rings. The van der Waals surface area contributed by atoms with E-state index in [0.29, 0.717) is 64.0 Å². The van der Waals surface area contributed by atoms with Crippen molar-refractivity contribution in [1.29, 1.82) is 0 Å². The molecule has 2 aromatic carbocycles. The Hall–Kier alpha value is -4.76. The van der Waals surface area contributed by atoms with E-state index in [4.69, 9.17) is 108 Å². The molecular formula is C40H34Cl6F6N4O9. The first kappa shape index (κ1) is 52.9. The van der Waals surface area contributed by atoms with Gasteiger partial charge in [-0.25, -0.2) is 15.0 Å². The van der Waals surface area contributed by atoms with Crippen molar-refractivity contribution in [3.8, 4) is 28.9 Å². The smallest absolute Gasteiger partial charge is 0.417 e. The monoisotopic (exact) mass is 1040 g/mol. The largest absolute Gasteiger partial charge is 0.494 e. The molecule has 0 radical (unpaired) electrons. The first-order chi connectivity index (χ1) is 30.7. The van der Waals surface area contributed by atoms with Gasteiger partial charge in [0.15, 0.2) is 0 Å². The number of methoxy groups -OCH3 is 2. The van der Waals surface area contributed by atoms with Crippen molar-refractivity contribution in [2.45, 2.75) is 24.4 Å². The predicted octanol–water partition coefficient (Wildman–Crippen LogP) is 10.3. The van der Waals surface area contributed by atoms with E-state index in [1.807, 2.05) is 4.98 Å². The van der Waals surface area contributed by atoms with E-state index in [2.05, 4.69) is 15.0 Å². The quantitative estimate of drug-likeness (QED) is 0.117. The standard InChI is InChI=1S/C20H16Cl3F3N2O4.C14H14Cl3NO4.C6H4F3NO/c1-29-18-14(6-13(7-15(18)21)30-5-4-16(22)23)19-28-12(10-32-19)9-31-17-3-2-11(8-27-17)20(24,25)26;1-20-13-10(14-18-8(6-19)7-22-14)4-9(5-11(13)15)21-3-2-12(16)17;7-6(8,9)4-1-2-5(11)10-3-4/h2-4,6-8,12H,5,9-10H2,1H3;2,4-5,8,19H,3,6-7H2,1H3;1-3H,(H,10,11). The minimum absolute atomic E-state index is 0.0451. The van der Waals surface area contributed by atoms with Gasteiger partial charge in [0, 0.05) is 36.7 Å². The molecule has 352 valence electrons. The molecule has 2 unspecified atom stereocenters. The van der Waals surface area contributed by atoms with Crippen LogP contribution in [0.1, 0.15) is 22.3 Å². The van der Waals surface area contributed by atoms with E-state index in [1.165, 1.54) is 26.4 Å². The first-order valence-electron chi connectivity index (χ1n) is 18.2. The van der Waals surface area contributed by atoms with Crippen LogP contribution in [0.2, 0.25) is 10.0 Å². The van der Waals surface area contributed by atoms with E-state index in [9.17, 15) is 31.1 Å². The highest BCUT2D eigenvalue weighted by atomic mass is 35.5. The van der Waals surface area contributed by atoms with Gasteiger partial charge in [0.2, 0.25) is 23.2 Å². The summed E-state index contributed by atoms with van der Waals surface area (Å²) in [6.45, 7) is 0.766. The van der Waals surface area contributed by atoms with Crippen LogP contribution >= 0.6 is 69.6 Å². The second kappa shape index (κ2) is 24.7. The summed E-state index contributed by atoms with van der Waals surface area (Å²) in [4.78, 5) is 24.6. The maximum Gasteiger partial charge on any atom is 0.417 e. The number of hydrogen-bond acceptors (Lipinski definition) is 12. The van der Waals surface area contributed by atoms with Gasteiger partial charge in [0.05, 0.1) is 53.1 Å². The molecule has 65 heavy (non-hydrogen) atoms. The number of ether oxygens (including phenoxy) is 7. The average Bonchev–Trinajstić information content (AvgIpc) is 3.93. The van der Waals surface area contributed by atoms with Crippen LogP contribution in [-0.4, -0.2) is 92.8 Å². The zero-order valence-corrected chi connectivity index (χ0v) is 38.0. The molecule has 2 aliphatic heterocycles. The van der Waals surface area contributed by atoms with Crippen LogP contribution in [0, 0.1) is 0 Å². The van der Waals surface area contributed by atoms with Crippen molar-refractivity contribution in [3.05, 3.63) is 125 Å². The second-order valence-electron chi connectivity index (χ2n) is 12.7. The molecule has 2 N–H and O–H groups in total. The van der Waals surface area contributed by atoms with Gasteiger partial charge in [-0.2, -0.15) is 26.3 Å². The van der Waals surface area contributed by atoms with Crippen molar-refractivity contribution in [2.24, 2.45) is 9.98 Å².